The van der Waals surface area contributed by atoms with E-state index in [1.54, 1.807) is 0 Å². The largest absolute Gasteiger partial charge is 0.494 e. The number of aryl methyl sites for hydroxylation is 2. The monoisotopic (exact) mass is 1060 g/mol. The molecule has 0 spiro atoms. The van der Waals surface area contributed by atoms with Crippen molar-refractivity contribution in [2.75, 3.05) is 26.4 Å². The van der Waals surface area contributed by atoms with E-state index in [0.29, 0.717) is 5.92 Å². The van der Waals surface area contributed by atoms with Crippen LogP contribution in [0.25, 0.3) is 0 Å². The summed E-state index contributed by atoms with van der Waals surface area (Å²) in [6.45, 7) is 24.2. The van der Waals surface area contributed by atoms with Crippen LogP contribution < -0.4 is 30.2 Å². The molecular formula is C70H98O4Si2. The Bertz CT molecular complexity index is 2260. The highest BCUT2D eigenvalue weighted by Crippen LogP contribution is 2.39. The first-order valence-corrected chi connectivity index (χ1v) is 33.6. The Morgan fingerprint density at radius 2 is 0.579 bits per heavy atom. The maximum atomic E-state index is 7.10. The molecule has 6 rings (SSSR count). The van der Waals surface area contributed by atoms with Crippen molar-refractivity contribution in [3.05, 3.63) is 180 Å². The third-order valence-electron chi connectivity index (χ3n) is 16.0. The Morgan fingerprint density at radius 3 is 0.829 bits per heavy atom. The van der Waals surface area contributed by atoms with Crippen LogP contribution in [0.2, 0.25) is 10.1 Å². The highest BCUT2D eigenvalue weighted by molar-refractivity contribution is 7.00. The second kappa shape index (κ2) is 31.0. The van der Waals surface area contributed by atoms with Crippen molar-refractivity contribution in [2.24, 2.45) is 0 Å². The molecule has 0 bridgehead atoms. The van der Waals surface area contributed by atoms with Crippen LogP contribution in [-0.2, 0) is 8.85 Å². The fourth-order valence-corrected chi connectivity index (χ4v) is 21.1. The Balaban J connectivity index is 0.784. The van der Waals surface area contributed by atoms with Crippen molar-refractivity contribution in [3.8, 4) is 11.5 Å². The lowest BCUT2D eigenvalue weighted by Gasteiger charge is -2.43. The van der Waals surface area contributed by atoms with Crippen LogP contribution in [0.15, 0.2) is 158 Å². The first-order chi connectivity index (χ1) is 36.8. The van der Waals surface area contributed by atoms with Gasteiger partial charge in [0.1, 0.15) is 11.5 Å². The molecule has 4 nitrogen and oxygen atoms in total. The number of unbranched alkanes of at least 4 members (excludes halogenated alkanes) is 16. The third-order valence-corrected chi connectivity index (χ3v) is 26.1. The van der Waals surface area contributed by atoms with Gasteiger partial charge in [-0.2, -0.15) is 0 Å². The van der Waals surface area contributed by atoms with E-state index in [2.05, 4.69) is 220 Å². The summed E-state index contributed by atoms with van der Waals surface area (Å²) in [6, 6.07) is 57.4. The Morgan fingerprint density at radius 1 is 0.329 bits per heavy atom. The average molecular weight is 1060 g/mol. The summed E-state index contributed by atoms with van der Waals surface area (Å²) in [7, 11) is -4.87. The lowest BCUT2D eigenvalue weighted by Crippen LogP contribution is -2.66. The number of hydrogen-bond acceptors (Lipinski definition) is 4. The molecule has 410 valence electrons. The van der Waals surface area contributed by atoms with Gasteiger partial charge in [-0.1, -0.05) is 272 Å². The topological polar surface area (TPSA) is 36.9 Å². The zero-order valence-electron chi connectivity index (χ0n) is 48.8. The number of ether oxygens (including phenoxy) is 2. The van der Waals surface area contributed by atoms with Crippen molar-refractivity contribution in [3.63, 3.8) is 0 Å². The molecule has 0 fully saturated rings. The van der Waals surface area contributed by atoms with Gasteiger partial charge in [-0.05, 0) is 117 Å². The zero-order chi connectivity index (χ0) is 54.1. The van der Waals surface area contributed by atoms with Crippen molar-refractivity contribution < 1.29 is 18.3 Å². The first kappa shape index (κ1) is 60.5. The van der Waals surface area contributed by atoms with Gasteiger partial charge in [0.15, 0.2) is 0 Å². The van der Waals surface area contributed by atoms with Gasteiger partial charge in [0.25, 0.3) is 16.6 Å². The highest BCUT2D eigenvalue weighted by Gasteiger charge is 2.51. The molecule has 6 aromatic carbocycles. The Labute approximate surface area is 465 Å². The van der Waals surface area contributed by atoms with E-state index < -0.39 is 16.6 Å². The number of rotatable bonds is 34. The van der Waals surface area contributed by atoms with Gasteiger partial charge in [-0.25, -0.2) is 0 Å². The van der Waals surface area contributed by atoms with E-state index in [4.69, 9.17) is 18.3 Å². The molecule has 0 heterocycles. The maximum Gasteiger partial charge on any atom is 0.261 e. The summed E-state index contributed by atoms with van der Waals surface area (Å²) in [5.41, 5.74) is 5.29. The first-order valence-electron chi connectivity index (χ1n) is 29.7. The molecule has 6 aromatic rings. The molecule has 0 aliphatic carbocycles. The predicted octanol–water partition coefficient (Wildman–Crippen LogP) is 17.4. The molecule has 0 saturated carbocycles. The number of hydrogen-bond donors (Lipinski definition) is 0. The van der Waals surface area contributed by atoms with E-state index in [1.165, 1.54) is 133 Å². The molecule has 6 heteroatoms. The second-order valence-corrected chi connectivity index (χ2v) is 32.5. The predicted molar refractivity (Wildman–Crippen MR) is 331 cm³/mol. The van der Waals surface area contributed by atoms with Gasteiger partial charge < -0.3 is 18.3 Å². The summed E-state index contributed by atoms with van der Waals surface area (Å²) in [5.74, 6) is 2.27. The molecule has 0 aromatic heterocycles. The van der Waals surface area contributed by atoms with Crippen molar-refractivity contribution in [1.82, 2.24) is 0 Å². The molecule has 0 N–H and O–H groups in total. The standard InChI is InChI=1S/C70H98O4Si2/c1-58-56-61(71-52-36-20-16-12-10-14-18-22-38-54-73-75(69(4,5)6,63-40-28-24-29-41-63)64-42-30-25-31-43-64)48-50-67(58)60(3)68-51-49-62(57-59(68)2)72-53-37-21-17-13-11-15-19-23-39-55-74-76(70(7,8)9,65-44-32-26-33-45-65)66-46-34-27-35-47-66/h24-35,40-51,56-57,60H,10-23,36-39,52-55H2,1-9H3. The van der Waals surface area contributed by atoms with Crippen LogP contribution in [0.5, 0.6) is 11.5 Å². The van der Waals surface area contributed by atoms with E-state index in [1.807, 2.05) is 0 Å². The minimum atomic E-state index is -2.43. The van der Waals surface area contributed by atoms with E-state index in [0.717, 1.165) is 63.6 Å². The van der Waals surface area contributed by atoms with Gasteiger partial charge in [-0.15, -0.1) is 0 Å². The smallest absolute Gasteiger partial charge is 0.261 e. The number of benzene rings is 6. The van der Waals surface area contributed by atoms with E-state index >= 15 is 0 Å². The Kier molecular flexibility index (Phi) is 24.7. The SMILES string of the molecule is Cc1cc(OCCCCCCCCCCCO[Si](c2ccccc2)(c2ccccc2)C(C)(C)C)ccc1C(C)c1ccc(OCCCCCCCCCCCO[Si](c2ccccc2)(c2ccccc2)C(C)(C)C)cc1C. The minimum absolute atomic E-state index is 0.0327. The van der Waals surface area contributed by atoms with Crippen LogP contribution in [0, 0.1) is 13.8 Å². The third kappa shape index (κ3) is 17.1. The summed E-state index contributed by atoms with van der Waals surface area (Å²) >= 11 is 0. The second-order valence-electron chi connectivity index (χ2n) is 23.8. The van der Waals surface area contributed by atoms with Crippen LogP contribution in [-0.4, -0.2) is 43.1 Å². The van der Waals surface area contributed by atoms with E-state index in [-0.39, 0.29) is 10.1 Å². The summed E-state index contributed by atoms with van der Waals surface area (Å²) in [5, 5.41) is 5.54. The van der Waals surface area contributed by atoms with Gasteiger partial charge in [0.05, 0.1) is 13.2 Å². The van der Waals surface area contributed by atoms with E-state index in [9.17, 15) is 0 Å². The molecule has 0 aliphatic rings. The van der Waals surface area contributed by atoms with Crippen LogP contribution in [0.1, 0.15) is 192 Å². The van der Waals surface area contributed by atoms with Gasteiger partial charge in [0, 0.05) is 19.1 Å². The minimum Gasteiger partial charge on any atom is -0.494 e. The van der Waals surface area contributed by atoms with Crippen molar-refractivity contribution in [1.29, 1.82) is 0 Å². The molecule has 0 unspecified atom stereocenters. The van der Waals surface area contributed by atoms with Crippen molar-refractivity contribution >= 4 is 37.4 Å². The van der Waals surface area contributed by atoms with Crippen molar-refractivity contribution in [2.45, 2.75) is 194 Å². The average Bonchev–Trinajstić information content (AvgIpc) is 3.41. The fraction of sp³-hybridized carbons (Fsp3) is 0.486. The van der Waals surface area contributed by atoms with Crippen LogP contribution >= 0.6 is 0 Å². The van der Waals surface area contributed by atoms with Gasteiger partial charge in [0.2, 0.25) is 0 Å². The molecule has 0 aliphatic heterocycles. The normalized spacial score (nSPS) is 12.3. The Hall–Kier alpha value is -4.73. The summed E-state index contributed by atoms with van der Waals surface area (Å²) in [6.07, 6.45) is 22.4. The highest BCUT2D eigenvalue weighted by atomic mass is 28.4. The lowest BCUT2D eigenvalue weighted by atomic mass is 9.87. The summed E-state index contributed by atoms with van der Waals surface area (Å²) < 4.78 is 26.7. The zero-order valence-corrected chi connectivity index (χ0v) is 50.8. The quantitative estimate of drug-likeness (QED) is 0.0298. The molecule has 0 saturated heterocycles. The molecule has 0 radical (unpaired) electrons. The summed E-state index contributed by atoms with van der Waals surface area (Å²) in [4.78, 5) is 0. The fourth-order valence-electron chi connectivity index (χ4n) is 11.9. The van der Waals surface area contributed by atoms with Gasteiger partial charge >= 0.3 is 0 Å². The maximum absolute atomic E-state index is 7.10. The molecule has 0 atom stereocenters. The lowest BCUT2D eigenvalue weighted by molar-refractivity contribution is 0.286. The van der Waals surface area contributed by atoms with Crippen LogP contribution in [0.3, 0.4) is 0 Å². The molecule has 76 heavy (non-hydrogen) atoms. The van der Waals surface area contributed by atoms with Crippen LogP contribution in [0.4, 0.5) is 0 Å². The molecular weight excluding hydrogens is 961 g/mol. The van der Waals surface area contributed by atoms with Gasteiger partial charge in [-0.3, -0.25) is 0 Å². The molecule has 0 amide bonds.